The first-order valence-corrected chi connectivity index (χ1v) is 40.2. The van der Waals surface area contributed by atoms with Crippen LogP contribution in [0.4, 0.5) is 34.1 Å². The quantitative estimate of drug-likeness (QED) is 0.129. The molecule has 17 aromatic carbocycles. The van der Waals surface area contributed by atoms with Crippen LogP contribution in [0.2, 0.25) is 5.02 Å². The molecule has 2 aliphatic rings. The van der Waals surface area contributed by atoms with Gasteiger partial charge in [0.05, 0.1) is 5.69 Å². The van der Waals surface area contributed by atoms with E-state index in [2.05, 4.69) is 375 Å². The molecule has 0 saturated carbocycles. The van der Waals surface area contributed by atoms with Gasteiger partial charge in [-0.25, -0.2) is 0 Å². The molecule has 0 atom stereocenters. The van der Waals surface area contributed by atoms with Gasteiger partial charge in [0.25, 0.3) is 0 Å². The van der Waals surface area contributed by atoms with E-state index in [1.807, 2.05) is 29.5 Å². The fourth-order valence-electron chi connectivity index (χ4n) is 18.2. The van der Waals surface area contributed by atoms with Crippen molar-refractivity contribution in [2.45, 2.75) is 32.1 Å². The Hall–Kier alpha value is -13.8. The number of hydrogen-bond donors (Lipinski definition) is 0. The molecule has 3 aromatic heterocycles. The zero-order valence-electron chi connectivity index (χ0n) is 62.5. The maximum atomic E-state index is 7.39. The monoisotopic (exact) mass is 1500 g/mol. The fraction of sp³-hybridized carbons (Fsp3) is 0.0467. The lowest BCUT2D eigenvalue weighted by Gasteiger charge is -2.30. The van der Waals surface area contributed by atoms with Gasteiger partial charge in [0.15, 0.2) is 0 Å². The Morgan fingerprint density at radius 3 is 1.65 bits per heavy atom. The zero-order chi connectivity index (χ0) is 75.7. The number of benzene rings is 17. The number of nitrogens with zero attached hydrogens (tertiary/aromatic N) is 2. The first kappa shape index (κ1) is 67.2. The molecule has 4 heterocycles. The Morgan fingerprint density at radius 2 is 0.842 bits per heavy atom. The Bertz CT molecular complexity index is 7270. The van der Waals surface area contributed by atoms with Crippen molar-refractivity contribution in [1.82, 2.24) is 0 Å². The average Bonchev–Trinajstić information content (AvgIpc) is 1.58. The molecule has 114 heavy (non-hydrogen) atoms. The maximum absolute atomic E-state index is 7.39. The van der Waals surface area contributed by atoms with E-state index < -0.39 is 0 Å². The predicted octanol–water partition coefficient (Wildman–Crippen LogP) is 31.0. The van der Waals surface area contributed by atoms with E-state index in [0.29, 0.717) is 17.9 Å². The highest BCUT2D eigenvalue weighted by Crippen LogP contribution is 2.54. The summed E-state index contributed by atoms with van der Waals surface area (Å²) in [5.74, 6) is 1.54. The molecule has 0 amide bonds. The Labute approximate surface area is 669 Å². The molecule has 0 saturated heterocycles. The van der Waals surface area contributed by atoms with E-state index in [0.717, 1.165) is 173 Å². The summed E-state index contributed by atoms with van der Waals surface area (Å²) < 4.78 is 23.6. The minimum absolute atomic E-state index is 0.208. The van der Waals surface area contributed by atoms with Crippen LogP contribution in [0.25, 0.3) is 142 Å². The highest BCUT2D eigenvalue weighted by Gasteiger charge is 2.36. The van der Waals surface area contributed by atoms with Gasteiger partial charge in [0, 0.05) is 116 Å². The number of hydrogen-bond acceptors (Lipinski definition) is 6. The SMILES string of the molecule is CC1(C)c2ccccc2-c2ccc(N(c3ccc(-c4ccc5c(c4)Oc4ccc(Cl)cc4Cc4ccccc4-c4cc(N(c6cccc(-c7cccc8c7oc7ccccc78)c6)c6cccc(-c7ccc(-c8ccccc8)c8oc9ccccc9c78)c6)ccc4C5)cc3)c3cc4c(cc3-c3ccccc3)sc3ccccc34)cc21. The van der Waals surface area contributed by atoms with E-state index >= 15 is 0 Å². The van der Waals surface area contributed by atoms with Gasteiger partial charge >= 0.3 is 0 Å². The Morgan fingerprint density at radius 1 is 0.289 bits per heavy atom. The molecule has 0 spiro atoms. The van der Waals surface area contributed by atoms with Crippen molar-refractivity contribution in [3.8, 4) is 89.4 Å². The third kappa shape index (κ3) is 11.3. The number of ether oxygens (including phenoxy) is 1. The number of rotatable bonds is 11. The van der Waals surface area contributed by atoms with Crippen LogP contribution in [-0.2, 0) is 18.3 Å². The van der Waals surface area contributed by atoms with Gasteiger partial charge in [-0.2, -0.15) is 0 Å². The second-order valence-electron chi connectivity index (χ2n) is 30.7. The first-order valence-electron chi connectivity index (χ1n) is 39.0. The van der Waals surface area contributed by atoms with E-state index in [1.165, 1.54) is 48.0 Å². The van der Waals surface area contributed by atoms with Crippen LogP contribution in [0.3, 0.4) is 0 Å². The van der Waals surface area contributed by atoms with Gasteiger partial charge in [0.1, 0.15) is 33.8 Å². The summed E-state index contributed by atoms with van der Waals surface area (Å²) in [4.78, 5) is 4.91. The highest BCUT2D eigenvalue weighted by molar-refractivity contribution is 7.25. The first-order chi connectivity index (χ1) is 56.1. The Balaban J connectivity index is 0.688. The van der Waals surface area contributed by atoms with Gasteiger partial charge in [-0.15, -0.1) is 11.3 Å². The van der Waals surface area contributed by atoms with Gasteiger partial charge in [-0.05, 0) is 210 Å². The number of thiophene rings is 1. The predicted molar refractivity (Wildman–Crippen MR) is 477 cm³/mol. The minimum Gasteiger partial charge on any atom is -0.457 e. The van der Waals surface area contributed by atoms with Crippen LogP contribution in [0.15, 0.2) is 379 Å². The van der Waals surface area contributed by atoms with Crippen LogP contribution in [0.5, 0.6) is 11.5 Å². The maximum Gasteiger partial charge on any atom is 0.143 e. The van der Waals surface area contributed by atoms with E-state index in [4.69, 9.17) is 25.2 Å². The summed E-state index contributed by atoms with van der Waals surface area (Å²) in [6, 6.07) is 135. The van der Waals surface area contributed by atoms with Gasteiger partial charge in [-0.3, -0.25) is 0 Å². The number of fused-ring (bicyclic) bond motifs is 17. The lowest BCUT2D eigenvalue weighted by atomic mass is 9.82. The number of para-hydroxylation sites is 3. The number of furan rings is 2. The highest BCUT2D eigenvalue weighted by atomic mass is 35.5. The van der Waals surface area contributed by atoms with Gasteiger partial charge < -0.3 is 23.4 Å². The molecule has 0 unspecified atom stereocenters. The molecule has 0 bridgehead atoms. The van der Waals surface area contributed by atoms with Crippen molar-refractivity contribution < 1.29 is 13.6 Å². The summed E-state index contributed by atoms with van der Waals surface area (Å²) >= 11 is 8.93. The molecule has 5 nitrogen and oxygen atoms in total. The second kappa shape index (κ2) is 27.0. The average molecular weight is 1500 g/mol. The molecule has 20 aromatic rings. The van der Waals surface area contributed by atoms with E-state index in [9.17, 15) is 0 Å². The molecule has 1 aliphatic heterocycles. The molecule has 1 aliphatic carbocycles. The molecular weight excluding hydrogens is 1430 g/mol. The van der Waals surface area contributed by atoms with Crippen LogP contribution in [-0.4, -0.2) is 0 Å². The Kier molecular flexibility index (Phi) is 15.9. The topological polar surface area (TPSA) is 42.0 Å². The minimum atomic E-state index is -0.208. The number of halogens is 1. The third-order valence-corrected chi connectivity index (χ3v) is 25.1. The van der Waals surface area contributed by atoms with Crippen molar-refractivity contribution in [1.29, 1.82) is 0 Å². The fourth-order valence-corrected chi connectivity index (χ4v) is 19.5. The van der Waals surface area contributed by atoms with Crippen molar-refractivity contribution in [3.63, 3.8) is 0 Å². The molecule has 0 fully saturated rings. The van der Waals surface area contributed by atoms with Gasteiger partial charge in [0.2, 0.25) is 0 Å². The molecule has 540 valence electrons. The second-order valence-corrected chi connectivity index (χ2v) is 32.2. The van der Waals surface area contributed by atoms with E-state index in [-0.39, 0.29) is 5.41 Å². The third-order valence-electron chi connectivity index (χ3n) is 23.7. The van der Waals surface area contributed by atoms with Crippen molar-refractivity contribution >= 4 is 121 Å². The normalized spacial score (nSPS) is 12.8. The van der Waals surface area contributed by atoms with E-state index in [1.54, 1.807) is 0 Å². The standard InChI is InChI=1S/C107H71ClN2O3S/c1-107(2)95-38-15-11-32-86(95)87-52-51-81(63-96(87)107)110(97-64-94-89-34-14-18-41-102(89)114-103(94)65-93(97)68-24-7-4-8-25-68)77-48-44-66(45-49-77)69-42-43-74-56-73-46-50-80(62-92(73)82-31-10-9-26-70(82)57-75-58-76(108)47-55-98(75)111-101(74)61-69)109(79-30-20-28-72(60-79)84-36-21-37-90-88-33-12-16-39-99(88)112-105(84)90)78-29-19-27-71(59-78)83-53-54-85(67-22-5-3-6-23-67)106-104(83)91-35-13-17-40-100(91)113-106/h3-55,58-65H,56-57H2,1-2H3. The van der Waals surface area contributed by atoms with Crippen LogP contribution in [0.1, 0.15) is 47.2 Å². The smallest absolute Gasteiger partial charge is 0.143 e. The van der Waals surface area contributed by atoms with Crippen LogP contribution >= 0.6 is 22.9 Å². The van der Waals surface area contributed by atoms with Crippen molar-refractivity contribution in [2.24, 2.45) is 0 Å². The molecule has 0 N–H and O–H groups in total. The van der Waals surface area contributed by atoms with Crippen LogP contribution < -0.4 is 14.5 Å². The number of anilines is 6. The molecular formula is C107H71ClN2O3S. The molecule has 22 rings (SSSR count). The zero-order valence-corrected chi connectivity index (χ0v) is 64.1. The molecule has 7 heteroatoms. The largest absolute Gasteiger partial charge is 0.457 e. The van der Waals surface area contributed by atoms with Crippen molar-refractivity contribution in [2.75, 3.05) is 9.80 Å². The van der Waals surface area contributed by atoms with Crippen LogP contribution in [0, 0.1) is 0 Å². The summed E-state index contributed by atoms with van der Waals surface area (Å²) in [7, 11) is 0. The summed E-state index contributed by atoms with van der Waals surface area (Å²) in [5, 5.41) is 7.47. The lowest BCUT2D eigenvalue weighted by Crippen LogP contribution is -2.17. The molecule has 0 radical (unpaired) electrons. The van der Waals surface area contributed by atoms with Gasteiger partial charge in [-0.1, -0.05) is 274 Å². The summed E-state index contributed by atoms with van der Waals surface area (Å²) in [6.07, 6.45) is 1.15. The summed E-state index contributed by atoms with van der Waals surface area (Å²) in [6.45, 7) is 4.74. The summed E-state index contributed by atoms with van der Waals surface area (Å²) in [5.41, 5.74) is 32.1. The van der Waals surface area contributed by atoms with Crippen molar-refractivity contribution in [3.05, 3.63) is 408 Å². The lowest BCUT2D eigenvalue weighted by molar-refractivity contribution is 0.472.